The Balaban J connectivity index is 1.80. The molecule has 0 bridgehead atoms. The van der Waals surface area contributed by atoms with Crippen LogP contribution in [0, 0.1) is 0 Å². The summed E-state index contributed by atoms with van der Waals surface area (Å²) in [5.41, 5.74) is 2.36. The Labute approximate surface area is 123 Å². The highest BCUT2D eigenvalue weighted by molar-refractivity contribution is 7.10. The fourth-order valence-electron chi connectivity index (χ4n) is 2.48. The molecular formula is C17H18N2S. The quantitative estimate of drug-likeness (QED) is 0.743. The van der Waals surface area contributed by atoms with Crippen molar-refractivity contribution >= 4 is 22.2 Å². The van der Waals surface area contributed by atoms with Crippen molar-refractivity contribution < 1.29 is 0 Å². The molecule has 0 saturated carbocycles. The minimum atomic E-state index is 0.425. The molecule has 1 unspecified atom stereocenters. The average Bonchev–Trinajstić information content (AvgIpc) is 3.02. The number of para-hydroxylation sites is 1. The van der Waals surface area contributed by atoms with Crippen LogP contribution in [-0.4, -0.2) is 4.98 Å². The zero-order chi connectivity index (χ0) is 13.8. The van der Waals surface area contributed by atoms with E-state index in [-0.39, 0.29) is 0 Å². The maximum atomic E-state index is 4.51. The van der Waals surface area contributed by atoms with Crippen molar-refractivity contribution in [3.8, 4) is 0 Å². The van der Waals surface area contributed by atoms with E-state index in [1.807, 2.05) is 23.6 Å². The summed E-state index contributed by atoms with van der Waals surface area (Å²) in [6.45, 7) is 3.07. The predicted molar refractivity (Wildman–Crippen MR) is 85.9 cm³/mol. The molecule has 2 aromatic heterocycles. The average molecular weight is 282 g/mol. The summed E-state index contributed by atoms with van der Waals surface area (Å²) >= 11 is 1.82. The van der Waals surface area contributed by atoms with Crippen molar-refractivity contribution in [2.45, 2.75) is 25.9 Å². The van der Waals surface area contributed by atoms with E-state index in [0.717, 1.165) is 18.5 Å². The number of nitrogens with zero attached hydrogens (tertiary/aromatic N) is 1. The Bertz CT molecular complexity index is 671. The van der Waals surface area contributed by atoms with Crippen LogP contribution in [0.4, 0.5) is 0 Å². The predicted octanol–water partition coefficient (Wildman–Crippen LogP) is 4.54. The van der Waals surface area contributed by atoms with Crippen LogP contribution in [0.1, 0.15) is 29.8 Å². The van der Waals surface area contributed by atoms with Crippen molar-refractivity contribution in [3.05, 3.63) is 64.5 Å². The number of nitrogens with one attached hydrogen (secondary N) is 1. The summed E-state index contributed by atoms with van der Waals surface area (Å²) in [4.78, 5) is 5.91. The zero-order valence-corrected chi connectivity index (χ0v) is 12.4. The number of rotatable bonds is 5. The van der Waals surface area contributed by atoms with E-state index in [2.05, 4.69) is 59.0 Å². The highest BCUT2D eigenvalue weighted by Gasteiger charge is 2.10. The van der Waals surface area contributed by atoms with Gasteiger partial charge in [0, 0.05) is 29.0 Å². The first-order valence-electron chi connectivity index (χ1n) is 6.98. The lowest BCUT2D eigenvalue weighted by Crippen LogP contribution is -2.19. The summed E-state index contributed by atoms with van der Waals surface area (Å²) in [5.74, 6) is 0. The highest BCUT2D eigenvalue weighted by atomic mass is 32.1. The van der Waals surface area contributed by atoms with Gasteiger partial charge in [0.25, 0.3) is 0 Å². The van der Waals surface area contributed by atoms with Crippen LogP contribution in [0.3, 0.4) is 0 Å². The fraction of sp³-hybridized carbons (Fsp3) is 0.235. The number of fused-ring (bicyclic) bond motifs is 1. The molecule has 102 valence electrons. The molecule has 0 aliphatic rings. The SMILES string of the molecule is CCC(NCc1cccc2cccnc12)c1cccs1. The van der Waals surface area contributed by atoms with Crippen molar-refractivity contribution in [1.29, 1.82) is 0 Å². The van der Waals surface area contributed by atoms with Gasteiger partial charge in [0.15, 0.2) is 0 Å². The third-order valence-corrected chi connectivity index (χ3v) is 4.54. The van der Waals surface area contributed by atoms with Gasteiger partial charge in [0.1, 0.15) is 0 Å². The molecule has 2 nitrogen and oxygen atoms in total. The van der Waals surface area contributed by atoms with E-state index in [1.165, 1.54) is 15.8 Å². The molecule has 2 heterocycles. The smallest absolute Gasteiger partial charge is 0.0746 e. The van der Waals surface area contributed by atoms with Gasteiger partial charge in [-0.2, -0.15) is 0 Å². The zero-order valence-electron chi connectivity index (χ0n) is 11.5. The molecular weight excluding hydrogens is 264 g/mol. The van der Waals surface area contributed by atoms with E-state index in [1.54, 1.807) is 0 Å². The summed E-state index contributed by atoms with van der Waals surface area (Å²) < 4.78 is 0. The third kappa shape index (κ3) is 2.74. The van der Waals surface area contributed by atoms with Crippen molar-refractivity contribution in [1.82, 2.24) is 10.3 Å². The molecule has 1 aromatic carbocycles. The molecule has 0 aliphatic carbocycles. The largest absolute Gasteiger partial charge is 0.305 e. The molecule has 3 aromatic rings. The number of benzene rings is 1. The molecule has 0 amide bonds. The van der Waals surface area contributed by atoms with Crippen LogP contribution in [-0.2, 0) is 6.54 Å². The summed E-state index contributed by atoms with van der Waals surface area (Å²) in [5, 5.41) is 6.99. The fourth-order valence-corrected chi connectivity index (χ4v) is 3.36. The van der Waals surface area contributed by atoms with Gasteiger partial charge in [-0.25, -0.2) is 0 Å². The second-order valence-electron chi connectivity index (χ2n) is 4.85. The molecule has 3 rings (SSSR count). The van der Waals surface area contributed by atoms with E-state index < -0.39 is 0 Å². The van der Waals surface area contributed by atoms with Gasteiger partial charge in [0.2, 0.25) is 0 Å². The van der Waals surface area contributed by atoms with Gasteiger partial charge < -0.3 is 5.32 Å². The van der Waals surface area contributed by atoms with Gasteiger partial charge in [-0.15, -0.1) is 11.3 Å². The van der Waals surface area contributed by atoms with Crippen LogP contribution >= 0.6 is 11.3 Å². The summed E-state index contributed by atoms with van der Waals surface area (Å²) in [6.07, 6.45) is 2.96. The molecule has 20 heavy (non-hydrogen) atoms. The maximum absolute atomic E-state index is 4.51. The Morgan fingerprint density at radius 3 is 2.85 bits per heavy atom. The molecule has 1 N–H and O–H groups in total. The monoisotopic (exact) mass is 282 g/mol. The van der Waals surface area contributed by atoms with E-state index >= 15 is 0 Å². The maximum Gasteiger partial charge on any atom is 0.0746 e. The normalized spacial score (nSPS) is 12.7. The Hall–Kier alpha value is -1.71. The van der Waals surface area contributed by atoms with Gasteiger partial charge in [-0.05, 0) is 29.5 Å². The van der Waals surface area contributed by atoms with E-state index in [4.69, 9.17) is 0 Å². The lowest BCUT2D eigenvalue weighted by atomic mass is 10.1. The standard InChI is InChI=1S/C17H18N2S/c1-2-15(16-9-5-11-20-16)19-12-14-7-3-6-13-8-4-10-18-17(13)14/h3-11,15,19H,2,12H2,1H3. The third-order valence-electron chi connectivity index (χ3n) is 3.55. The Morgan fingerprint density at radius 1 is 1.15 bits per heavy atom. The first-order chi connectivity index (χ1) is 9.88. The van der Waals surface area contributed by atoms with Crippen molar-refractivity contribution in [2.75, 3.05) is 0 Å². The number of aromatic nitrogens is 1. The van der Waals surface area contributed by atoms with Gasteiger partial charge in [-0.1, -0.05) is 37.3 Å². The Morgan fingerprint density at radius 2 is 2.05 bits per heavy atom. The first kappa shape index (κ1) is 13.3. The molecule has 0 aliphatic heterocycles. The topological polar surface area (TPSA) is 24.9 Å². The Kier molecular flexibility index (Phi) is 4.09. The van der Waals surface area contributed by atoms with Gasteiger partial charge in [0.05, 0.1) is 5.52 Å². The van der Waals surface area contributed by atoms with Crippen LogP contribution in [0.25, 0.3) is 10.9 Å². The second-order valence-corrected chi connectivity index (χ2v) is 5.83. The number of hydrogen-bond acceptors (Lipinski definition) is 3. The lowest BCUT2D eigenvalue weighted by molar-refractivity contribution is 0.527. The molecule has 0 saturated heterocycles. The van der Waals surface area contributed by atoms with Crippen LogP contribution in [0.5, 0.6) is 0 Å². The van der Waals surface area contributed by atoms with E-state index in [0.29, 0.717) is 6.04 Å². The van der Waals surface area contributed by atoms with Gasteiger partial charge >= 0.3 is 0 Å². The number of pyridine rings is 1. The molecule has 0 radical (unpaired) electrons. The number of hydrogen-bond donors (Lipinski definition) is 1. The van der Waals surface area contributed by atoms with Crippen LogP contribution < -0.4 is 5.32 Å². The minimum Gasteiger partial charge on any atom is -0.305 e. The molecule has 0 fully saturated rings. The summed E-state index contributed by atoms with van der Waals surface area (Å²) in [6, 6.07) is 15.2. The molecule has 0 spiro atoms. The van der Waals surface area contributed by atoms with Crippen molar-refractivity contribution in [2.24, 2.45) is 0 Å². The van der Waals surface area contributed by atoms with Crippen molar-refractivity contribution in [3.63, 3.8) is 0 Å². The highest BCUT2D eigenvalue weighted by Crippen LogP contribution is 2.23. The number of thiophene rings is 1. The first-order valence-corrected chi connectivity index (χ1v) is 7.86. The minimum absolute atomic E-state index is 0.425. The van der Waals surface area contributed by atoms with Crippen LogP contribution in [0.2, 0.25) is 0 Å². The summed E-state index contributed by atoms with van der Waals surface area (Å²) in [7, 11) is 0. The molecule has 3 heteroatoms. The second kappa shape index (κ2) is 6.16. The van der Waals surface area contributed by atoms with E-state index in [9.17, 15) is 0 Å². The lowest BCUT2D eigenvalue weighted by Gasteiger charge is -2.16. The van der Waals surface area contributed by atoms with Crippen LogP contribution in [0.15, 0.2) is 54.0 Å². The molecule has 1 atom stereocenters. The van der Waals surface area contributed by atoms with Gasteiger partial charge in [-0.3, -0.25) is 4.98 Å².